The van der Waals surface area contributed by atoms with Gasteiger partial charge in [-0.2, -0.15) is 0 Å². The zero-order chi connectivity index (χ0) is 10.8. The van der Waals surface area contributed by atoms with E-state index in [4.69, 9.17) is 0 Å². The molecule has 2 heteroatoms. The van der Waals surface area contributed by atoms with Gasteiger partial charge in [-0.15, -0.1) is 0 Å². The van der Waals surface area contributed by atoms with Crippen LogP contribution in [0.15, 0.2) is 18.2 Å². The Morgan fingerprint density at radius 1 is 1.47 bits per heavy atom. The van der Waals surface area contributed by atoms with Crippen LogP contribution in [0, 0.1) is 18.7 Å². The van der Waals surface area contributed by atoms with E-state index in [9.17, 15) is 4.39 Å². The molecule has 0 aliphatic heterocycles. The molecule has 1 aromatic rings. The Morgan fingerprint density at radius 3 is 2.87 bits per heavy atom. The fraction of sp³-hybridized carbons (Fsp3) is 0.538. The van der Waals surface area contributed by atoms with E-state index in [1.54, 1.807) is 6.07 Å². The van der Waals surface area contributed by atoms with Crippen LogP contribution in [0.5, 0.6) is 0 Å². The largest absolute Gasteiger partial charge is 0.382 e. The molecule has 0 saturated heterocycles. The normalized spacial score (nSPS) is 17.5. The van der Waals surface area contributed by atoms with Crippen LogP contribution in [0.4, 0.5) is 10.1 Å². The Bertz CT molecular complexity index is 344. The van der Waals surface area contributed by atoms with Gasteiger partial charge in [-0.25, -0.2) is 4.39 Å². The Labute approximate surface area is 90.7 Å². The van der Waals surface area contributed by atoms with Crippen LogP contribution in [0.3, 0.4) is 0 Å². The van der Waals surface area contributed by atoms with Crippen LogP contribution in [-0.4, -0.2) is 6.04 Å². The van der Waals surface area contributed by atoms with Crippen LogP contribution in [-0.2, 0) is 0 Å². The first kappa shape index (κ1) is 10.5. The van der Waals surface area contributed by atoms with E-state index in [0.717, 1.165) is 17.2 Å². The summed E-state index contributed by atoms with van der Waals surface area (Å²) in [6.07, 6.45) is 3.94. The lowest BCUT2D eigenvalue weighted by Crippen LogP contribution is -2.16. The smallest absolute Gasteiger partial charge is 0.125 e. The second kappa shape index (κ2) is 4.21. The van der Waals surface area contributed by atoms with E-state index < -0.39 is 0 Å². The quantitative estimate of drug-likeness (QED) is 0.793. The lowest BCUT2D eigenvalue weighted by Gasteiger charge is -2.16. The summed E-state index contributed by atoms with van der Waals surface area (Å²) in [7, 11) is 0. The highest BCUT2D eigenvalue weighted by Crippen LogP contribution is 2.34. The van der Waals surface area contributed by atoms with Crippen LogP contribution in [0.2, 0.25) is 0 Å². The number of anilines is 1. The molecule has 0 spiro atoms. The minimum Gasteiger partial charge on any atom is -0.382 e. The van der Waals surface area contributed by atoms with Crippen LogP contribution < -0.4 is 5.32 Å². The fourth-order valence-corrected chi connectivity index (χ4v) is 1.93. The molecule has 1 aliphatic carbocycles. The molecule has 1 unspecified atom stereocenters. The Hall–Kier alpha value is -1.05. The SMILES string of the molecule is Cc1ccc(F)cc1NC(C)CC1CC1. The van der Waals surface area contributed by atoms with Gasteiger partial charge in [-0.05, 0) is 43.9 Å². The third kappa shape index (κ3) is 2.95. The molecule has 0 bridgehead atoms. The number of benzene rings is 1. The summed E-state index contributed by atoms with van der Waals surface area (Å²) < 4.78 is 13.0. The number of nitrogens with one attached hydrogen (secondary N) is 1. The first-order valence-electron chi connectivity index (χ1n) is 5.68. The molecule has 15 heavy (non-hydrogen) atoms. The average molecular weight is 207 g/mol. The van der Waals surface area contributed by atoms with Gasteiger partial charge in [0, 0.05) is 11.7 Å². The summed E-state index contributed by atoms with van der Waals surface area (Å²) in [6, 6.07) is 5.35. The van der Waals surface area contributed by atoms with E-state index in [2.05, 4.69) is 12.2 Å². The highest BCUT2D eigenvalue weighted by molar-refractivity contribution is 5.51. The molecule has 1 fully saturated rings. The molecule has 0 radical (unpaired) electrons. The molecule has 0 amide bonds. The van der Waals surface area contributed by atoms with Gasteiger partial charge in [0.2, 0.25) is 0 Å². The molecule has 1 saturated carbocycles. The van der Waals surface area contributed by atoms with Crippen molar-refractivity contribution in [2.45, 2.75) is 39.2 Å². The summed E-state index contributed by atoms with van der Waals surface area (Å²) in [5.74, 6) is 0.739. The maximum absolute atomic E-state index is 13.0. The lowest BCUT2D eigenvalue weighted by molar-refractivity contribution is 0.623. The molecule has 1 atom stereocenters. The summed E-state index contributed by atoms with van der Waals surface area (Å²) >= 11 is 0. The molecule has 82 valence electrons. The zero-order valence-corrected chi connectivity index (χ0v) is 9.39. The molecule has 1 N–H and O–H groups in total. The van der Waals surface area contributed by atoms with Gasteiger partial charge in [0.15, 0.2) is 0 Å². The van der Waals surface area contributed by atoms with Crippen molar-refractivity contribution in [3.8, 4) is 0 Å². The van der Waals surface area contributed by atoms with Gasteiger partial charge in [0.1, 0.15) is 5.82 Å². The third-order valence-corrected chi connectivity index (χ3v) is 2.99. The van der Waals surface area contributed by atoms with E-state index in [1.165, 1.54) is 25.3 Å². The second-order valence-electron chi connectivity index (χ2n) is 4.68. The fourth-order valence-electron chi connectivity index (χ4n) is 1.93. The van der Waals surface area contributed by atoms with Crippen molar-refractivity contribution < 1.29 is 4.39 Å². The summed E-state index contributed by atoms with van der Waals surface area (Å²) in [4.78, 5) is 0. The predicted molar refractivity (Wildman–Crippen MR) is 61.6 cm³/mol. The van der Waals surface area contributed by atoms with Crippen molar-refractivity contribution >= 4 is 5.69 Å². The van der Waals surface area contributed by atoms with Crippen LogP contribution in [0.25, 0.3) is 0 Å². The van der Waals surface area contributed by atoms with Crippen molar-refractivity contribution in [2.24, 2.45) is 5.92 Å². The maximum Gasteiger partial charge on any atom is 0.125 e. The number of hydrogen-bond donors (Lipinski definition) is 1. The summed E-state index contributed by atoms with van der Waals surface area (Å²) in [5.41, 5.74) is 2.04. The van der Waals surface area contributed by atoms with Gasteiger partial charge in [0.25, 0.3) is 0 Å². The van der Waals surface area contributed by atoms with E-state index in [-0.39, 0.29) is 5.82 Å². The molecule has 1 aromatic carbocycles. The number of hydrogen-bond acceptors (Lipinski definition) is 1. The minimum atomic E-state index is -0.165. The molecule has 0 aromatic heterocycles. The lowest BCUT2D eigenvalue weighted by atomic mass is 10.1. The van der Waals surface area contributed by atoms with Gasteiger partial charge in [-0.1, -0.05) is 18.9 Å². The Balaban J connectivity index is 1.98. The molecule has 1 aliphatic rings. The number of rotatable bonds is 4. The first-order chi connectivity index (χ1) is 7.15. The average Bonchev–Trinajstić information content (AvgIpc) is 2.95. The molecular formula is C13H18FN. The van der Waals surface area contributed by atoms with E-state index in [1.807, 2.05) is 13.0 Å². The third-order valence-electron chi connectivity index (χ3n) is 2.99. The predicted octanol–water partition coefficient (Wildman–Crippen LogP) is 3.73. The van der Waals surface area contributed by atoms with Gasteiger partial charge < -0.3 is 5.32 Å². The number of halogens is 1. The van der Waals surface area contributed by atoms with E-state index in [0.29, 0.717) is 6.04 Å². The molecule has 0 heterocycles. The number of aryl methyl sites for hydroxylation is 1. The van der Waals surface area contributed by atoms with Crippen LogP contribution in [0.1, 0.15) is 31.7 Å². The monoisotopic (exact) mass is 207 g/mol. The highest BCUT2D eigenvalue weighted by Gasteiger charge is 2.23. The van der Waals surface area contributed by atoms with Gasteiger partial charge in [0.05, 0.1) is 0 Å². The van der Waals surface area contributed by atoms with E-state index >= 15 is 0 Å². The first-order valence-corrected chi connectivity index (χ1v) is 5.68. The maximum atomic E-state index is 13.0. The van der Waals surface area contributed by atoms with Crippen molar-refractivity contribution in [1.82, 2.24) is 0 Å². The van der Waals surface area contributed by atoms with Crippen molar-refractivity contribution in [3.63, 3.8) is 0 Å². The Morgan fingerprint density at radius 2 is 2.20 bits per heavy atom. The topological polar surface area (TPSA) is 12.0 Å². The molecule has 1 nitrogen and oxygen atoms in total. The van der Waals surface area contributed by atoms with Gasteiger partial charge in [-0.3, -0.25) is 0 Å². The Kier molecular flexibility index (Phi) is 2.94. The second-order valence-corrected chi connectivity index (χ2v) is 4.68. The standard InChI is InChI=1S/C13H18FN/c1-9-3-6-12(14)8-13(9)15-10(2)7-11-4-5-11/h3,6,8,10-11,15H,4-5,7H2,1-2H3. The van der Waals surface area contributed by atoms with Crippen molar-refractivity contribution in [2.75, 3.05) is 5.32 Å². The molecule has 2 rings (SSSR count). The minimum absolute atomic E-state index is 0.165. The van der Waals surface area contributed by atoms with Crippen LogP contribution >= 0.6 is 0 Å². The van der Waals surface area contributed by atoms with Gasteiger partial charge >= 0.3 is 0 Å². The van der Waals surface area contributed by atoms with Crippen molar-refractivity contribution in [1.29, 1.82) is 0 Å². The molecular weight excluding hydrogens is 189 g/mol. The zero-order valence-electron chi connectivity index (χ0n) is 9.39. The highest BCUT2D eigenvalue weighted by atomic mass is 19.1. The summed E-state index contributed by atoms with van der Waals surface area (Å²) in [5, 5.41) is 3.38. The summed E-state index contributed by atoms with van der Waals surface area (Å²) in [6.45, 7) is 4.17. The van der Waals surface area contributed by atoms with Crippen molar-refractivity contribution in [3.05, 3.63) is 29.6 Å².